The summed E-state index contributed by atoms with van der Waals surface area (Å²) in [7, 11) is -3.17. The number of benzene rings is 2. The second-order valence-electron chi connectivity index (χ2n) is 8.49. The van der Waals surface area contributed by atoms with Gasteiger partial charge in [0.05, 0.1) is 23.9 Å². The Balaban J connectivity index is 1.55. The number of hydrogen-bond acceptors (Lipinski definition) is 4. The van der Waals surface area contributed by atoms with Gasteiger partial charge in [0.1, 0.15) is 5.82 Å². The molecule has 0 fully saturated rings. The lowest BCUT2D eigenvalue weighted by Gasteiger charge is -2.22. The largest absolute Gasteiger partial charge is 0.435 e. The van der Waals surface area contributed by atoms with Crippen molar-refractivity contribution in [2.24, 2.45) is 0 Å². The smallest absolute Gasteiger partial charge is 0.361 e. The molecule has 1 unspecified atom stereocenters. The molecule has 0 saturated heterocycles. The van der Waals surface area contributed by atoms with E-state index in [0.717, 1.165) is 30.1 Å². The highest BCUT2D eigenvalue weighted by Gasteiger charge is 2.36. The van der Waals surface area contributed by atoms with Gasteiger partial charge < -0.3 is 10.3 Å². The summed E-state index contributed by atoms with van der Waals surface area (Å²) in [6.07, 6.45) is -3.08. The van der Waals surface area contributed by atoms with Crippen molar-refractivity contribution >= 4 is 26.8 Å². The maximum atomic E-state index is 13.4. The lowest BCUT2D eigenvalue weighted by atomic mass is 9.99. The monoisotopic (exact) mass is 537 g/mol. The number of fused-ring (bicyclic) bond motifs is 1. The van der Waals surface area contributed by atoms with Crippen LogP contribution in [0.15, 0.2) is 60.8 Å². The van der Waals surface area contributed by atoms with E-state index in [4.69, 9.17) is 0 Å². The molecular formula is C24H23F4N5O3S. The van der Waals surface area contributed by atoms with Crippen molar-refractivity contribution in [2.75, 3.05) is 11.5 Å². The van der Waals surface area contributed by atoms with E-state index in [2.05, 4.69) is 15.4 Å². The zero-order chi connectivity index (χ0) is 27.0. The number of nitrogens with one attached hydrogen (secondary N) is 2. The number of nitrogens with zero attached hydrogens (tertiary/aromatic N) is 3. The van der Waals surface area contributed by atoms with E-state index in [1.54, 1.807) is 19.2 Å². The topological polar surface area (TPSA) is 100 Å². The molecule has 0 spiro atoms. The van der Waals surface area contributed by atoms with Crippen LogP contribution in [-0.4, -0.2) is 36.2 Å². The van der Waals surface area contributed by atoms with E-state index >= 15 is 0 Å². The highest BCUT2D eigenvalue weighted by atomic mass is 32.2. The van der Waals surface area contributed by atoms with Crippen molar-refractivity contribution in [3.05, 3.63) is 89.1 Å². The summed E-state index contributed by atoms with van der Waals surface area (Å²) in [4.78, 5) is 16.5. The van der Waals surface area contributed by atoms with Crippen molar-refractivity contribution in [1.82, 2.24) is 20.2 Å². The van der Waals surface area contributed by atoms with E-state index < -0.39 is 51.8 Å². The fourth-order valence-electron chi connectivity index (χ4n) is 3.74. The Morgan fingerprint density at radius 1 is 1.14 bits per heavy atom. The standard InChI is InChI=1S/C24H23F4N5O3S/c1-15(17-5-8-21-18(11-17)9-10-29-21)23(34)30-13-20-12-22(24(26,27)28)31-33(20)32(2)37(35,36)14-16-3-6-19(25)7-4-16/h3-12,15,29H,13-14H2,1-2H3,(H,30,34). The normalized spacial score (nSPS) is 13.0. The van der Waals surface area contributed by atoms with Gasteiger partial charge in [0.15, 0.2) is 5.69 Å². The van der Waals surface area contributed by atoms with E-state index in [1.807, 2.05) is 18.2 Å². The first-order valence-corrected chi connectivity index (χ1v) is 12.7. The summed E-state index contributed by atoms with van der Waals surface area (Å²) in [6, 6.07) is 12.6. The van der Waals surface area contributed by atoms with Gasteiger partial charge in [-0.15, -0.1) is 5.10 Å². The molecule has 0 aliphatic heterocycles. The molecule has 37 heavy (non-hydrogen) atoms. The van der Waals surface area contributed by atoms with Gasteiger partial charge in [-0.05, 0) is 59.8 Å². The molecule has 0 radical (unpaired) electrons. The molecule has 0 bridgehead atoms. The maximum Gasteiger partial charge on any atom is 0.435 e. The van der Waals surface area contributed by atoms with Gasteiger partial charge in [0.25, 0.3) is 10.0 Å². The van der Waals surface area contributed by atoms with Gasteiger partial charge in [0, 0.05) is 18.8 Å². The van der Waals surface area contributed by atoms with Crippen LogP contribution in [-0.2, 0) is 33.3 Å². The van der Waals surface area contributed by atoms with Crippen molar-refractivity contribution in [3.63, 3.8) is 0 Å². The van der Waals surface area contributed by atoms with Crippen LogP contribution in [0, 0.1) is 5.82 Å². The number of sulfonamides is 1. The second-order valence-corrected chi connectivity index (χ2v) is 10.5. The van der Waals surface area contributed by atoms with Crippen LogP contribution >= 0.6 is 0 Å². The number of amides is 1. The molecule has 1 amide bonds. The van der Waals surface area contributed by atoms with Gasteiger partial charge in [-0.25, -0.2) is 12.8 Å². The fourth-order valence-corrected chi connectivity index (χ4v) is 4.92. The summed E-state index contributed by atoms with van der Waals surface area (Å²) in [5, 5.41) is 6.91. The fraction of sp³-hybridized carbons (Fsp3) is 0.250. The summed E-state index contributed by atoms with van der Waals surface area (Å²) >= 11 is 0. The van der Waals surface area contributed by atoms with Gasteiger partial charge in [-0.1, -0.05) is 18.2 Å². The number of carbonyl (C=O) groups is 1. The molecule has 2 heterocycles. The number of aromatic nitrogens is 3. The van der Waals surface area contributed by atoms with E-state index in [9.17, 15) is 30.8 Å². The highest BCUT2D eigenvalue weighted by molar-refractivity contribution is 7.91. The summed E-state index contributed by atoms with van der Waals surface area (Å²) in [5.74, 6) is -2.25. The minimum Gasteiger partial charge on any atom is -0.361 e. The number of H-pyrrole nitrogens is 1. The molecular weight excluding hydrogens is 514 g/mol. The first-order chi connectivity index (χ1) is 17.3. The van der Waals surface area contributed by atoms with Crippen LogP contribution in [0.5, 0.6) is 0 Å². The molecule has 0 saturated carbocycles. The Morgan fingerprint density at radius 3 is 2.51 bits per heavy atom. The minimum absolute atomic E-state index is 0.195. The lowest BCUT2D eigenvalue weighted by molar-refractivity contribution is -0.141. The van der Waals surface area contributed by atoms with Crippen LogP contribution in [0.3, 0.4) is 0 Å². The second kappa shape index (κ2) is 9.88. The van der Waals surface area contributed by atoms with Crippen molar-refractivity contribution in [2.45, 2.75) is 31.3 Å². The molecule has 0 aliphatic carbocycles. The lowest BCUT2D eigenvalue weighted by Crippen LogP contribution is -2.40. The zero-order valence-electron chi connectivity index (χ0n) is 19.8. The number of alkyl halides is 3. The highest BCUT2D eigenvalue weighted by Crippen LogP contribution is 2.29. The number of halogens is 4. The first kappa shape index (κ1) is 26.2. The molecule has 13 heteroatoms. The third-order valence-corrected chi connectivity index (χ3v) is 7.56. The molecule has 8 nitrogen and oxygen atoms in total. The third kappa shape index (κ3) is 5.77. The third-order valence-electron chi connectivity index (χ3n) is 5.90. The van der Waals surface area contributed by atoms with Crippen LogP contribution in [0.25, 0.3) is 10.9 Å². The van der Waals surface area contributed by atoms with Crippen molar-refractivity contribution in [1.29, 1.82) is 0 Å². The Hall–Kier alpha value is -3.87. The molecule has 2 aromatic heterocycles. The summed E-state index contributed by atoms with van der Waals surface area (Å²) in [6.45, 7) is 1.25. The van der Waals surface area contributed by atoms with Crippen LogP contribution in [0.4, 0.5) is 17.6 Å². The molecule has 2 aromatic carbocycles. The van der Waals surface area contributed by atoms with Crippen LogP contribution in [0.1, 0.15) is 35.4 Å². The molecule has 0 aliphatic rings. The van der Waals surface area contributed by atoms with Crippen molar-refractivity contribution in [3.8, 4) is 0 Å². The van der Waals surface area contributed by atoms with Gasteiger partial charge in [-0.2, -0.15) is 22.4 Å². The summed E-state index contributed by atoms with van der Waals surface area (Å²) < 4.78 is 79.8. The average Bonchev–Trinajstić information content (AvgIpc) is 3.49. The SMILES string of the molecule is CC(C(=O)NCc1cc(C(F)(F)F)nn1N(C)S(=O)(=O)Cc1ccc(F)cc1)c1ccc2[nH]ccc2c1. The van der Waals surface area contributed by atoms with Crippen molar-refractivity contribution < 1.29 is 30.8 Å². The van der Waals surface area contributed by atoms with Crippen LogP contribution in [0.2, 0.25) is 0 Å². The molecule has 196 valence electrons. The van der Waals surface area contributed by atoms with Gasteiger partial charge >= 0.3 is 6.18 Å². The maximum absolute atomic E-state index is 13.4. The van der Waals surface area contributed by atoms with E-state index in [1.165, 1.54) is 12.1 Å². The van der Waals surface area contributed by atoms with Crippen LogP contribution < -0.4 is 9.73 Å². The molecule has 4 aromatic rings. The Bertz CT molecular complexity index is 1530. The predicted octanol–water partition coefficient (Wildman–Crippen LogP) is 4.04. The van der Waals surface area contributed by atoms with E-state index in [0.29, 0.717) is 20.8 Å². The zero-order valence-corrected chi connectivity index (χ0v) is 20.6. The van der Waals surface area contributed by atoms with Gasteiger partial charge in [-0.3, -0.25) is 4.79 Å². The molecule has 4 rings (SSSR count). The molecule has 2 N–H and O–H groups in total. The predicted molar refractivity (Wildman–Crippen MR) is 129 cm³/mol. The first-order valence-electron chi connectivity index (χ1n) is 11.1. The number of hydrogen-bond donors (Lipinski definition) is 2. The number of carbonyl (C=O) groups excluding carboxylic acids is 1. The average molecular weight is 538 g/mol. The number of rotatable bonds is 8. The Kier molecular flexibility index (Phi) is 7.00. The Morgan fingerprint density at radius 2 is 1.84 bits per heavy atom. The number of aromatic amines is 1. The minimum atomic E-state index is -4.84. The summed E-state index contributed by atoms with van der Waals surface area (Å²) in [5.41, 5.74) is 0.322. The van der Waals surface area contributed by atoms with Gasteiger partial charge in [0.2, 0.25) is 5.91 Å². The molecule has 1 atom stereocenters. The Labute approximate surface area is 209 Å². The van der Waals surface area contributed by atoms with E-state index in [-0.39, 0.29) is 11.3 Å². The quantitative estimate of drug-likeness (QED) is 0.332.